The van der Waals surface area contributed by atoms with Crippen LogP contribution in [0.2, 0.25) is 5.02 Å². The second-order valence-corrected chi connectivity index (χ2v) is 5.83. The van der Waals surface area contributed by atoms with E-state index >= 15 is 0 Å². The van der Waals surface area contributed by atoms with Crippen molar-refractivity contribution in [1.29, 1.82) is 0 Å². The van der Waals surface area contributed by atoms with Crippen molar-refractivity contribution in [3.05, 3.63) is 64.7 Å². The minimum Gasteiger partial charge on any atom is -0.488 e. The number of ether oxygens (including phenoxy) is 1. The third-order valence-corrected chi connectivity index (χ3v) is 3.85. The highest BCUT2D eigenvalue weighted by Crippen LogP contribution is 2.22. The first kappa shape index (κ1) is 17.3. The molecule has 0 spiro atoms. The molecule has 0 bridgehead atoms. The largest absolute Gasteiger partial charge is 0.488 e. The first-order valence-corrected chi connectivity index (χ1v) is 7.93. The molecule has 5 heteroatoms. The number of benzene rings is 2. The molecule has 0 saturated heterocycles. The van der Waals surface area contributed by atoms with E-state index in [0.717, 1.165) is 5.56 Å². The van der Waals surface area contributed by atoms with Crippen LogP contribution in [0.4, 0.5) is 0 Å². The van der Waals surface area contributed by atoms with Crippen LogP contribution in [0.5, 0.6) is 5.75 Å². The highest BCUT2D eigenvalue weighted by atomic mass is 35.5. The number of nitrogens with one attached hydrogen (secondary N) is 1. The van der Waals surface area contributed by atoms with E-state index in [4.69, 9.17) is 22.1 Å². The summed E-state index contributed by atoms with van der Waals surface area (Å²) in [5.41, 5.74) is 6.94. The predicted molar refractivity (Wildman–Crippen MR) is 92.8 cm³/mol. The van der Waals surface area contributed by atoms with Gasteiger partial charge in [0.15, 0.2) is 0 Å². The Morgan fingerprint density at radius 2 is 1.91 bits per heavy atom. The second-order valence-electron chi connectivity index (χ2n) is 5.43. The number of para-hydroxylation sites is 1. The Balaban J connectivity index is 2.05. The Morgan fingerprint density at radius 1 is 1.22 bits per heavy atom. The van der Waals surface area contributed by atoms with E-state index in [0.29, 0.717) is 36.0 Å². The zero-order chi connectivity index (χ0) is 16.7. The molecule has 0 aliphatic rings. The maximum absolute atomic E-state index is 12.3. The van der Waals surface area contributed by atoms with Gasteiger partial charge in [-0.3, -0.25) is 4.79 Å². The fourth-order valence-corrected chi connectivity index (χ4v) is 2.19. The maximum Gasteiger partial charge on any atom is 0.255 e. The summed E-state index contributed by atoms with van der Waals surface area (Å²) < 4.78 is 5.79. The van der Waals surface area contributed by atoms with Crippen LogP contribution in [0.25, 0.3) is 0 Å². The van der Waals surface area contributed by atoms with Gasteiger partial charge in [0.2, 0.25) is 0 Å². The average molecular weight is 333 g/mol. The summed E-state index contributed by atoms with van der Waals surface area (Å²) in [5, 5.41) is 3.52. The minimum atomic E-state index is -0.167. The van der Waals surface area contributed by atoms with Crippen molar-refractivity contribution >= 4 is 17.5 Å². The Morgan fingerprint density at radius 3 is 2.65 bits per heavy atom. The van der Waals surface area contributed by atoms with Crippen molar-refractivity contribution in [3.63, 3.8) is 0 Å². The lowest BCUT2D eigenvalue weighted by atomic mass is 10.1. The highest BCUT2D eigenvalue weighted by Gasteiger charge is 2.13. The van der Waals surface area contributed by atoms with E-state index in [1.54, 1.807) is 12.1 Å². The van der Waals surface area contributed by atoms with Crippen LogP contribution >= 0.6 is 11.6 Å². The Labute approximate surface area is 141 Å². The van der Waals surface area contributed by atoms with Crippen LogP contribution < -0.4 is 15.8 Å². The highest BCUT2D eigenvalue weighted by molar-refractivity contribution is 6.31. The summed E-state index contributed by atoms with van der Waals surface area (Å²) in [6, 6.07) is 14.6. The van der Waals surface area contributed by atoms with E-state index in [1.165, 1.54) is 0 Å². The van der Waals surface area contributed by atoms with E-state index in [2.05, 4.69) is 5.32 Å². The van der Waals surface area contributed by atoms with E-state index in [9.17, 15) is 4.79 Å². The van der Waals surface area contributed by atoms with Crippen molar-refractivity contribution in [2.75, 3.05) is 13.1 Å². The van der Waals surface area contributed by atoms with Gasteiger partial charge in [-0.15, -0.1) is 0 Å². The zero-order valence-corrected chi connectivity index (χ0v) is 13.8. The van der Waals surface area contributed by atoms with Crippen LogP contribution in [-0.2, 0) is 6.61 Å². The lowest BCUT2D eigenvalue weighted by Crippen LogP contribution is -2.31. The third kappa shape index (κ3) is 4.98. The molecule has 2 rings (SSSR count). The van der Waals surface area contributed by atoms with Crippen molar-refractivity contribution in [3.8, 4) is 5.75 Å². The van der Waals surface area contributed by atoms with Crippen LogP contribution in [0.3, 0.4) is 0 Å². The summed E-state index contributed by atoms with van der Waals surface area (Å²) in [4.78, 5) is 12.3. The number of carbonyl (C=O) groups excluding carboxylic acids is 1. The molecular formula is C18H21ClN2O2. The molecule has 0 aliphatic carbocycles. The number of rotatable bonds is 7. The smallest absolute Gasteiger partial charge is 0.255 e. The fraction of sp³-hybridized carbons (Fsp3) is 0.278. The third-order valence-electron chi connectivity index (χ3n) is 3.49. The van der Waals surface area contributed by atoms with Crippen LogP contribution in [-0.4, -0.2) is 19.0 Å². The summed E-state index contributed by atoms with van der Waals surface area (Å²) >= 11 is 6.12. The summed E-state index contributed by atoms with van der Waals surface area (Å²) in [6.07, 6.45) is 0. The van der Waals surface area contributed by atoms with Gasteiger partial charge in [-0.05, 0) is 30.7 Å². The van der Waals surface area contributed by atoms with Gasteiger partial charge in [-0.25, -0.2) is 0 Å². The first-order valence-electron chi connectivity index (χ1n) is 7.55. The number of halogens is 1. The number of hydrogen-bond acceptors (Lipinski definition) is 3. The Kier molecular flexibility index (Phi) is 6.44. The molecular weight excluding hydrogens is 312 g/mol. The van der Waals surface area contributed by atoms with Crippen molar-refractivity contribution in [2.24, 2.45) is 11.7 Å². The normalized spacial score (nSPS) is 11.8. The molecule has 1 unspecified atom stereocenters. The van der Waals surface area contributed by atoms with Crippen LogP contribution in [0.1, 0.15) is 22.8 Å². The molecule has 23 heavy (non-hydrogen) atoms. The lowest BCUT2D eigenvalue weighted by molar-refractivity contribution is 0.0944. The van der Waals surface area contributed by atoms with Gasteiger partial charge in [0.05, 0.1) is 5.56 Å². The van der Waals surface area contributed by atoms with Gasteiger partial charge in [0.1, 0.15) is 12.4 Å². The Bertz CT molecular complexity index is 661. The van der Waals surface area contributed by atoms with Gasteiger partial charge in [-0.1, -0.05) is 48.9 Å². The lowest BCUT2D eigenvalue weighted by Gasteiger charge is -2.14. The van der Waals surface area contributed by atoms with Crippen LogP contribution in [0.15, 0.2) is 48.5 Å². The fourth-order valence-electron chi connectivity index (χ4n) is 2.00. The van der Waals surface area contributed by atoms with Gasteiger partial charge in [0, 0.05) is 17.1 Å². The maximum atomic E-state index is 12.3. The first-order chi connectivity index (χ1) is 11.1. The minimum absolute atomic E-state index is 0.167. The average Bonchev–Trinajstić information content (AvgIpc) is 2.59. The topological polar surface area (TPSA) is 64.3 Å². The summed E-state index contributed by atoms with van der Waals surface area (Å²) in [5.74, 6) is 0.598. The molecule has 2 aromatic carbocycles. The number of carbonyl (C=O) groups is 1. The molecule has 0 aromatic heterocycles. The van der Waals surface area contributed by atoms with Crippen molar-refractivity contribution < 1.29 is 9.53 Å². The molecule has 0 aliphatic heterocycles. The molecule has 0 saturated carbocycles. The standard InChI is InChI=1S/C18H21ClN2O2/c1-13(10-20)11-21-18(22)15-7-3-5-9-17(15)23-12-14-6-2-4-8-16(14)19/h2-9,13H,10-12,20H2,1H3,(H,21,22). The Hall–Kier alpha value is -2.04. The van der Waals surface area contributed by atoms with Crippen molar-refractivity contribution in [2.45, 2.75) is 13.5 Å². The number of amides is 1. The molecule has 0 heterocycles. The van der Waals surface area contributed by atoms with E-state index in [-0.39, 0.29) is 11.8 Å². The molecule has 4 nitrogen and oxygen atoms in total. The molecule has 1 atom stereocenters. The van der Waals surface area contributed by atoms with E-state index in [1.807, 2.05) is 43.3 Å². The van der Waals surface area contributed by atoms with Gasteiger partial charge < -0.3 is 15.8 Å². The van der Waals surface area contributed by atoms with Crippen LogP contribution in [0, 0.1) is 5.92 Å². The number of nitrogens with two attached hydrogens (primary N) is 1. The van der Waals surface area contributed by atoms with Gasteiger partial charge >= 0.3 is 0 Å². The molecule has 0 radical (unpaired) electrons. The quantitative estimate of drug-likeness (QED) is 0.818. The molecule has 1 amide bonds. The molecule has 122 valence electrons. The monoisotopic (exact) mass is 332 g/mol. The summed E-state index contributed by atoms with van der Waals surface area (Å²) in [6.45, 7) is 3.36. The van der Waals surface area contributed by atoms with Crippen molar-refractivity contribution in [1.82, 2.24) is 5.32 Å². The summed E-state index contributed by atoms with van der Waals surface area (Å²) in [7, 11) is 0. The molecule has 0 fully saturated rings. The SMILES string of the molecule is CC(CN)CNC(=O)c1ccccc1OCc1ccccc1Cl. The molecule has 3 N–H and O–H groups in total. The predicted octanol–water partition coefficient (Wildman–Crippen LogP) is 3.24. The van der Waals surface area contributed by atoms with Gasteiger partial charge in [-0.2, -0.15) is 0 Å². The zero-order valence-electron chi connectivity index (χ0n) is 13.1. The molecule has 2 aromatic rings. The van der Waals surface area contributed by atoms with E-state index < -0.39 is 0 Å². The number of hydrogen-bond donors (Lipinski definition) is 2. The second kappa shape index (κ2) is 8.56. The van der Waals surface area contributed by atoms with Gasteiger partial charge in [0.25, 0.3) is 5.91 Å².